The van der Waals surface area contributed by atoms with Crippen molar-refractivity contribution < 1.29 is 29.3 Å². The van der Waals surface area contributed by atoms with Gasteiger partial charge in [0.05, 0.1) is 13.2 Å². The maximum atomic E-state index is 10.4. The lowest BCUT2D eigenvalue weighted by Crippen LogP contribution is -2.31. The molecule has 122 valence electrons. The first-order valence-corrected chi connectivity index (χ1v) is 6.93. The molecule has 0 aliphatic carbocycles. The van der Waals surface area contributed by atoms with E-state index >= 15 is 0 Å². The molecule has 0 fully saturated rings. The van der Waals surface area contributed by atoms with E-state index in [1.807, 2.05) is 35.2 Å². The van der Waals surface area contributed by atoms with Gasteiger partial charge in [-0.2, -0.15) is 0 Å². The van der Waals surface area contributed by atoms with Gasteiger partial charge in [0, 0.05) is 19.6 Å². The monoisotopic (exact) mass is 311 g/mol. The number of ether oxygens (including phenoxy) is 2. The first-order valence-electron chi connectivity index (χ1n) is 6.93. The minimum Gasteiger partial charge on any atom is -0.480 e. The molecule has 0 heterocycles. The van der Waals surface area contributed by atoms with Gasteiger partial charge in [0.2, 0.25) is 0 Å². The summed E-state index contributed by atoms with van der Waals surface area (Å²) in [6.45, 7) is 1.67. The second kappa shape index (κ2) is 10.7. The molecule has 0 radical (unpaired) electrons. The van der Waals surface area contributed by atoms with E-state index in [4.69, 9.17) is 19.7 Å². The summed E-state index contributed by atoms with van der Waals surface area (Å²) in [6, 6.07) is 9.79. The molecule has 1 rings (SSSR count). The highest BCUT2D eigenvalue weighted by Crippen LogP contribution is 2.04. The van der Waals surface area contributed by atoms with Gasteiger partial charge in [-0.1, -0.05) is 30.3 Å². The van der Waals surface area contributed by atoms with Gasteiger partial charge in [-0.05, 0) is 5.56 Å². The molecule has 7 nitrogen and oxygen atoms in total. The van der Waals surface area contributed by atoms with Crippen LogP contribution in [0.2, 0.25) is 0 Å². The number of carbonyl (C=O) groups is 2. The van der Waals surface area contributed by atoms with Gasteiger partial charge in [-0.25, -0.2) is 9.59 Å². The summed E-state index contributed by atoms with van der Waals surface area (Å²) in [5.74, 6) is -2.00. The largest absolute Gasteiger partial charge is 0.480 e. The van der Waals surface area contributed by atoms with E-state index < -0.39 is 11.9 Å². The third kappa shape index (κ3) is 9.06. The first-order chi connectivity index (χ1) is 10.6. The number of nitrogens with zero attached hydrogens (tertiary/aromatic N) is 1. The Morgan fingerprint density at radius 3 is 1.86 bits per heavy atom. The van der Waals surface area contributed by atoms with E-state index in [-0.39, 0.29) is 26.4 Å². The fraction of sp³-hybridized carbons (Fsp3) is 0.467. The van der Waals surface area contributed by atoms with E-state index in [1.54, 1.807) is 0 Å². The minimum absolute atomic E-state index is 0.290. The molecule has 1 aromatic rings. The lowest BCUT2D eigenvalue weighted by Gasteiger charge is -2.22. The summed E-state index contributed by atoms with van der Waals surface area (Å²) >= 11 is 0. The normalized spacial score (nSPS) is 10.8. The fourth-order valence-corrected chi connectivity index (χ4v) is 1.82. The van der Waals surface area contributed by atoms with Crippen LogP contribution in [0.3, 0.4) is 0 Å². The molecule has 2 N–H and O–H groups in total. The van der Waals surface area contributed by atoms with Crippen LogP contribution >= 0.6 is 0 Å². The SMILES string of the molecule is O=C(O)COCCN(CCOCC(=O)O)Cc1ccccc1. The smallest absolute Gasteiger partial charge is 0.329 e. The molecule has 22 heavy (non-hydrogen) atoms. The van der Waals surface area contributed by atoms with Crippen molar-refractivity contribution in [1.29, 1.82) is 0 Å². The number of hydrogen-bond acceptors (Lipinski definition) is 5. The van der Waals surface area contributed by atoms with Gasteiger partial charge >= 0.3 is 11.9 Å². The van der Waals surface area contributed by atoms with Crippen LogP contribution in [0.25, 0.3) is 0 Å². The van der Waals surface area contributed by atoms with E-state index in [1.165, 1.54) is 0 Å². The van der Waals surface area contributed by atoms with Crippen molar-refractivity contribution in [2.24, 2.45) is 0 Å². The average Bonchev–Trinajstić information content (AvgIpc) is 2.48. The van der Waals surface area contributed by atoms with Crippen molar-refractivity contribution in [1.82, 2.24) is 4.90 Å². The van der Waals surface area contributed by atoms with Gasteiger partial charge in [0.15, 0.2) is 0 Å². The Bertz CT molecular complexity index is 429. The van der Waals surface area contributed by atoms with Crippen LogP contribution in [0, 0.1) is 0 Å². The number of carboxylic acids is 2. The van der Waals surface area contributed by atoms with Crippen molar-refractivity contribution in [3.05, 3.63) is 35.9 Å². The highest BCUT2D eigenvalue weighted by atomic mass is 16.5. The minimum atomic E-state index is -1.00. The lowest BCUT2D eigenvalue weighted by molar-refractivity contribution is -0.142. The van der Waals surface area contributed by atoms with E-state index in [9.17, 15) is 9.59 Å². The van der Waals surface area contributed by atoms with Crippen LogP contribution < -0.4 is 0 Å². The Morgan fingerprint density at radius 2 is 1.41 bits per heavy atom. The molecule has 0 aliphatic rings. The van der Waals surface area contributed by atoms with Crippen LogP contribution in [-0.4, -0.2) is 66.6 Å². The van der Waals surface area contributed by atoms with Gasteiger partial charge in [-0.15, -0.1) is 0 Å². The second-order valence-electron chi connectivity index (χ2n) is 4.65. The summed E-state index contributed by atoms with van der Waals surface area (Å²) in [4.78, 5) is 22.8. The Labute approximate surface area is 129 Å². The predicted molar refractivity (Wildman–Crippen MR) is 78.6 cm³/mol. The zero-order valence-electron chi connectivity index (χ0n) is 12.3. The van der Waals surface area contributed by atoms with Gasteiger partial charge in [0.1, 0.15) is 13.2 Å². The van der Waals surface area contributed by atoms with Crippen molar-refractivity contribution >= 4 is 11.9 Å². The average molecular weight is 311 g/mol. The predicted octanol–water partition coefficient (Wildman–Crippen LogP) is 0.691. The standard InChI is InChI=1S/C15H21NO6/c17-14(18)11-21-8-6-16(7-9-22-12-15(19)20)10-13-4-2-1-3-5-13/h1-5H,6-12H2,(H,17,18)(H,19,20). The topological polar surface area (TPSA) is 96.3 Å². The lowest BCUT2D eigenvalue weighted by atomic mass is 10.2. The van der Waals surface area contributed by atoms with Crippen molar-refractivity contribution in [3.8, 4) is 0 Å². The molecule has 0 saturated carbocycles. The summed E-state index contributed by atoms with van der Waals surface area (Å²) in [5, 5.41) is 17.1. The Balaban J connectivity index is 2.38. The first kappa shape index (κ1) is 18.1. The van der Waals surface area contributed by atoms with Crippen molar-refractivity contribution in [3.63, 3.8) is 0 Å². The summed E-state index contributed by atoms with van der Waals surface area (Å²) in [7, 11) is 0. The van der Waals surface area contributed by atoms with Crippen LogP contribution in [-0.2, 0) is 25.6 Å². The van der Waals surface area contributed by atoms with Gasteiger partial charge in [-0.3, -0.25) is 4.90 Å². The molecule has 0 spiro atoms. The number of hydrogen-bond donors (Lipinski definition) is 2. The Hall–Kier alpha value is -1.96. The van der Waals surface area contributed by atoms with E-state index in [0.29, 0.717) is 19.6 Å². The van der Waals surface area contributed by atoms with Crippen LogP contribution in [0.15, 0.2) is 30.3 Å². The number of benzene rings is 1. The second-order valence-corrected chi connectivity index (χ2v) is 4.65. The highest BCUT2D eigenvalue weighted by molar-refractivity contribution is 5.68. The third-order valence-corrected chi connectivity index (χ3v) is 2.80. The van der Waals surface area contributed by atoms with E-state index in [2.05, 4.69) is 0 Å². The van der Waals surface area contributed by atoms with Gasteiger partial charge in [0.25, 0.3) is 0 Å². The van der Waals surface area contributed by atoms with Crippen molar-refractivity contribution in [2.75, 3.05) is 39.5 Å². The summed E-state index contributed by atoms with van der Waals surface area (Å²) in [6.07, 6.45) is 0. The molecule has 1 aromatic carbocycles. The number of rotatable bonds is 12. The number of carboxylic acid groups (broad SMARTS) is 2. The molecule has 0 unspecified atom stereocenters. The molecule has 0 saturated heterocycles. The van der Waals surface area contributed by atoms with Gasteiger partial charge < -0.3 is 19.7 Å². The maximum absolute atomic E-state index is 10.4. The highest BCUT2D eigenvalue weighted by Gasteiger charge is 2.07. The molecule has 7 heteroatoms. The maximum Gasteiger partial charge on any atom is 0.329 e. The molecule has 0 amide bonds. The molecule has 0 aliphatic heterocycles. The van der Waals surface area contributed by atoms with Crippen LogP contribution in [0.5, 0.6) is 0 Å². The molecule has 0 bridgehead atoms. The molecule has 0 aromatic heterocycles. The zero-order valence-corrected chi connectivity index (χ0v) is 12.3. The zero-order chi connectivity index (χ0) is 16.2. The molecule has 0 atom stereocenters. The fourth-order valence-electron chi connectivity index (χ4n) is 1.82. The van der Waals surface area contributed by atoms with Crippen LogP contribution in [0.1, 0.15) is 5.56 Å². The summed E-state index contributed by atoms with van der Waals surface area (Å²) in [5.41, 5.74) is 1.11. The van der Waals surface area contributed by atoms with Crippen LogP contribution in [0.4, 0.5) is 0 Å². The summed E-state index contributed by atoms with van der Waals surface area (Å²) < 4.78 is 10.1. The quantitative estimate of drug-likeness (QED) is 0.548. The molecular weight excluding hydrogens is 290 g/mol. The van der Waals surface area contributed by atoms with E-state index in [0.717, 1.165) is 5.56 Å². The molecular formula is C15H21NO6. The third-order valence-electron chi connectivity index (χ3n) is 2.80. The van der Waals surface area contributed by atoms with Crippen molar-refractivity contribution in [2.45, 2.75) is 6.54 Å². The Morgan fingerprint density at radius 1 is 0.909 bits per heavy atom. The Kier molecular flexibility index (Phi) is 8.82. The number of aliphatic carboxylic acids is 2.